The van der Waals surface area contributed by atoms with Gasteiger partial charge in [0.25, 0.3) is 0 Å². The average molecular weight is 469 g/mol. The second-order valence-electron chi connectivity index (χ2n) is 10.1. The fourth-order valence-electron chi connectivity index (χ4n) is 5.89. The van der Waals surface area contributed by atoms with E-state index in [9.17, 15) is 9.59 Å². The van der Waals surface area contributed by atoms with Gasteiger partial charge in [-0.15, -0.1) is 11.3 Å². The van der Waals surface area contributed by atoms with E-state index in [1.54, 1.807) is 11.3 Å². The van der Waals surface area contributed by atoms with Crippen LogP contribution in [0.15, 0.2) is 24.3 Å². The van der Waals surface area contributed by atoms with Crippen molar-refractivity contribution in [1.82, 2.24) is 20.1 Å². The monoisotopic (exact) mass is 468 g/mol. The summed E-state index contributed by atoms with van der Waals surface area (Å²) in [4.78, 5) is 34.2. The number of hydrogen-bond acceptors (Lipinski definition) is 5. The Bertz CT molecular complexity index is 937. The van der Waals surface area contributed by atoms with Crippen molar-refractivity contribution in [2.45, 2.75) is 63.8 Å². The fraction of sp³-hybridized carbons (Fsp3) is 0.654. The number of para-hydroxylation sites is 1. The zero-order valence-electron chi connectivity index (χ0n) is 19.5. The molecule has 0 aliphatic carbocycles. The number of carbonyl (C=O) groups is 2. The number of benzene rings is 1. The third-order valence-corrected chi connectivity index (χ3v) is 8.74. The maximum Gasteiger partial charge on any atom is 0.222 e. The van der Waals surface area contributed by atoms with E-state index in [1.807, 2.05) is 11.0 Å². The van der Waals surface area contributed by atoms with Gasteiger partial charge in [0.1, 0.15) is 0 Å². The van der Waals surface area contributed by atoms with E-state index in [-0.39, 0.29) is 0 Å². The summed E-state index contributed by atoms with van der Waals surface area (Å²) in [5.41, 5.74) is 1.06. The number of likely N-dealkylation sites (tertiary alicyclic amines) is 2. The summed E-state index contributed by atoms with van der Waals surface area (Å²) in [6.45, 7) is 4.65. The molecule has 178 valence electrons. The molecule has 5 rings (SSSR count). The third kappa shape index (κ3) is 5.57. The van der Waals surface area contributed by atoms with Gasteiger partial charge < -0.3 is 15.1 Å². The molecule has 0 spiro atoms. The van der Waals surface area contributed by atoms with Crippen molar-refractivity contribution in [2.24, 2.45) is 11.8 Å². The number of nitrogens with one attached hydrogen (secondary N) is 1. The molecule has 2 aromatic rings. The molecule has 0 radical (unpaired) electrons. The van der Waals surface area contributed by atoms with Crippen LogP contribution in [-0.4, -0.2) is 65.4 Å². The molecule has 33 heavy (non-hydrogen) atoms. The van der Waals surface area contributed by atoms with Gasteiger partial charge in [0, 0.05) is 45.1 Å². The first kappa shape index (κ1) is 22.8. The van der Waals surface area contributed by atoms with E-state index in [0.717, 1.165) is 81.8 Å². The summed E-state index contributed by atoms with van der Waals surface area (Å²) in [6, 6.07) is 8.68. The van der Waals surface area contributed by atoms with Crippen LogP contribution in [0.2, 0.25) is 0 Å². The Balaban J connectivity index is 1.07. The van der Waals surface area contributed by atoms with Gasteiger partial charge in [-0.3, -0.25) is 9.59 Å². The van der Waals surface area contributed by atoms with Crippen molar-refractivity contribution in [3.63, 3.8) is 0 Å². The van der Waals surface area contributed by atoms with E-state index in [0.29, 0.717) is 42.5 Å². The fourth-order valence-corrected chi connectivity index (χ4v) is 6.89. The summed E-state index contributed by atoms with van der Waals surface area (Å²) >= 11 is 1.74. The maximum absolute atomic E-state index is 13.0. The van der Waals surface area contributed by atoms with E-state index >= 15 is 0 Å². The Labute approximate surface area is 200 Å². The highest BCUT2D eigenvalue weighted by atomic mass is 32.1. The van der Waals surface area contributed by atoms with Crippen LogP contribution in [-0.2, 0) is 16.0 Å². The van der Waals surface area contributed by atoms with Crippen LogP contribution >= 0.6 is 11.3 Å². The molecule has 1 aromatic heterocycles. The standard InChI is InChI=1S/C26H36N4O2S/c31-25(29-13-3-4-14-29)11-5-8-21-20-15-19(16-27-21)17-30(18-20)26(32)12-6-10-24-28-22-7-1-2-9-23(22)33-24/h1-2,7,9,19-21,27H,3-6,8,10-18H2/t19?,20?,21-/m1/s1. The summed E-state index contributed by atoms with van der Waals surface area (Å²) < 4.78 is 1.23. The molecule has 7 heteroatoms. The lowest BCUT2D eigenvalue weighted by atomic mass is 9.79. The minimum atomic E-state index is 0.302. The van der Waals surface area contributed by atoms with Gasteiger partial charge in [0.15, 0.2) is 0 Å². The van der Waals surface area contributed by atoms with Crippen LogP contribution < -0.4 is 5.32 Å². The molecule has 3 aliphatic rings. The van der Waals surface area contributed by atoms with Crippen molar-refractivity contribution < 1.29 is 9.59 Å². The summed E-state index contributed by atoms with van der Waals surface area (Å²) in [6.07, 6.45) is 8.54. The zero-order valence-corrected chi connectivity index (χ0v) is 20.3. The molecule has 3 fully saturated rings. The van der Waals surface area contributed by atoms with Gasteiger partial charge in [0.2, 0.25) is 11.8 Å². The first-order chi connectivity index (χ1) is 16.2. The minimum absolute atomic E-state index is 0.302. The van der Waals surface area contributed by atoms with Gasteiger partial charge in [0.05, 0.1) is 15.2 Å². The zero-order chi connectivity index (χ0) is 22.6. The Morgan fingerprint density at radius 3 is 2.67 bits per heavy atom. The Morgan fingerprint density at radius 2 is 1.82 bits per heavy atom. The average Bonchev–Trinajstić information content (AvgIpc) is 3.50. The second-order valence-corrected chi connectivity index (χ2v) is 11.2. The predicted octanol–water partition coefficient (Wildman–Crippen LogP) is 3.85. The van der Waals surface area contributed by atoms with E-state index in [4.69, 9.17) is 4.98 Å². The number of rotatable bonds is 8. The molecule has 4 heterocycles. The molecule has 2 unspecified atom stereocenters. The van der Waals surface area contributed by atoms with Crippen LogP contribution in [0, 0.1) is 11.8 Å². The molecule has 3 aliphatic heterocycles. The maximum atomic E-state index is 13.0. The van der Waals surface area contributed by atoms with Crippen LogP contribution in [0.4, 0.5) is 0 Å². The van der Waals surface area contributed by atoms with Gasteiger partial charge in [-0.25, -0.2) is 4.98 Å². The summed E-state index contributed by atoms with van der Waals surface area (Å²) in [7, 11) is 0. The highest BCUT2D eigenvalue weighted by molar-refractivity contribution is 7.18. The number of thiazole rings is 1. The van der Waals surface area contributed by atoms with E-state index in [1.165, 1.54) is 11.1 Å². The quantitative estimate of drug-likeness (QED) is 0.639. The molecule has 6 nitrogen and oxygen atoms in total. The molecule has 3 saturated heterocycles. The van der Waals surface area contributed by atoms with Crippen molar-refractivity contribution in [2.75, 3.05) is 32.7 Å². The first-order valence-electron chi connectivity index (χ1n) is 12.8. The number of carbonyl (C=O) groups excluding carboxylic acids is 2. The third-order valence-electron chi connectivity index (χ3n) is 7.64. The molecule has 1 aromatic carbocycles. The Morgan fingerprint density at radius 1 is 1.03 bits per heavy atom. The lowest BCUT2D eigenvalue weighted by Crippen LogP contribution is -2.57. The Hall–Kier alpha value is -1.99. The van der Waals surface area contributed by atoms with Crippen LogP contribution in [0.5, 0.6) is 0 Å². The first-order valence-corrected chi connectivity index (χ1v) is 13.6. The molecule has 0 saturated carbocycles. The van der Waals surface area contributed by atoms with Crippen LogP contribution in [0.1, 0.15) is 56.4 Å². The van der Waals surface area contributed by atoms with Gasteiger partial charge in [-0.1, -0.05) is 12.1 Å². The molecular weight excluding hydrogens is 432 g/mol. The smallest absolute Gasteiger partial charge is 0.222 e. The SMILES string of the molecule is O=C(CCC[C@H]1NCC2CC1CN(C(=O)CCCc1nc3ccccc3s1)C2)N1CCCC1. The van der Waals surface area contributed by atoms with Crippen LogP contribution in [0.25, 0.3) is 10.2 Å². The highest BCUT2D eigenvalue weighted by Gasteiger charge is 2.37. The predicted molar refractivity (Wildman–Crippen MR) is 132 cm³/mol. The number of fused-ring (bicyclic) bond motifs is 3. The van der Waals surface area contributed by atoms with Gasteiger partial charge >= 0.3 is 0 Å². The molecular formula is C26H36N4O2S. The van der Waals surface area contributed by atoms with Crippen LogP contribution in [0.3, 0.4) is 0 Å². The van der Waals surface area contributed by atoms with Crippen molar-refractivity contribution in [3.8, 4) is 0 Å². The Kier molecular flexibility index (Phi) is 7.26. The van der Waals surface area contributed by atoms with Crippen molar-refractivity contribution in [3.05, 3.63) is 29.3 Å². The molecule has 1 N–H and O–H groups in total. The summed E-state index contributed by atoms with van der Waals surface area (Å²) in [5, 5.41) is 4.86. The molecule has 3 atom stereocenters. The number of aromatic nitrogens is 1. The minimum Gasteiger partial charge on any atom is -0.343 e. The molecule has 2 bridgehead atoms. The van der Waals surface area contributed by atoms with Crippen molar-refractivity contribution in [1.29, 1.82) is 0 Å². The van der Waals surface area contributed by atoms with Crippen molar-refractivity contribution >= 4 is 33.4 Å². The lowest BCUT2D eigenvalue weighted by molar-refractivity contribution is -0.135. The number of hydrogen-bond donors (Lipinski definition) is 1. The van der Waals surface area contributed by atoms with E-state index < -0.39 is 0 Å². The summed E-state index contributed by atoms with van der Waals surface area (Å²) in [5.74, 6) is 1.72. The molecule has 2 amide bonds. The number of amides is 2. The van der Waals surface area contributed by atoms with Gasteiger partial charge in [-0.05, 0) is 75.5 Å². The second kappa shape index (κ2) is 10.5. The van der Waals surface area contributed by atoms with Gasteiger partial charge in [-0.2, -0.15) is 0 Å². The van der Waals surface area contributed by atoms with E-state index in [2.05, 4.69) is 28.4 Å². The largest absolute Gasteiger partial charge is 0.343 e. The highest BCUT2D eigenvalue weighted by Crippen LogP contribution is 2.31. The number of aryl methyl sites for hydroxylation is 1. The number of nitrogens with zero attached hydrogens (tertiary/aromatic N) is 3. The number of piperidine rings is 2. The normalized spacial score (nSPS) is 25.0. The lowest BCUT2D eigenvalue weighted by Gasteiger charge is -2.46. The topological polar surface area (TPSA) is 65.5 Å².